The van der Waals surface area contributed by atoms with E-state index in [0.29, 0.717) is 6.61 Å². The molecule has 0 fully saturated rings. The number of hydrogen-bond acceptors (Lipinski definition) is 2. The van der Waals surface area contributed by atoms with E-state index in [-0.39, 0.29) is 10.8 Å². The number of benzene rings is 1. The van der Waals surface area contributed by atoms with Gasteiger partial charge in [-0.1, -0.05) is 17.7 Å². The van der Waals surface area contributed by atoms with Crippen molar-refractivity contribution >= 4 is 24.2 Å². The third kappa shape index (κ3) is 4.31. The number of rotatable bonds is 6. The molecule has 0 aromatic heterocycles. The van der Waals surface area contributed by atoms with Crippen molar-refractivity contribution in [2.24, 2.45) is 0 Å². The van der Waals surface area contributed by atoms with Crippen LogP contribution in [0.15, 0.2) is 18.2 Å². The second-order valence-corrected chi connectivity index (χ2v) is 4.04. The maximum Gasteiger partial charge on any atom is 0.183 e. The number of unbranched alkanes of at least 4 members (excludes halogenated alkanes) is 2. The Morgan fingerprint density at radius 2 is 2.07 bits per heavy atom. The highest BCUT2D eigenvalue weighted by molar-refractivity contribution is 7.80. The van der Waals surface area contributed by atoms with Gasteiger partial charge in [0.1, 0.15) is 0 Å². The van der Waals surface area contributed by atoms with Crippen LogP contribution in [-0.2, 0) is 0 Å². The van der Waals surface area contributed by atoms with Crippen LogP contribution in [0.5, 0.6) is 5.75 Å². The predicted molar refractivity (Wildman–Crippen MR) is 64.6 cm³/mol. The van der Waals surface area contributed by atoms with Crippen LogP contribution >= 0.6 is 24.2 Å². The topological polar surface area (TPSA) is 9.23 Å². The monoisotopic (exact) mass is 248 g/mol. The number of halogens is 2. The molecule has 1 rings (SSSR count). The zero-order valence-electron chi connectivity index (χ0n) is 8.38. The van der Waals surface area contributed by atoms with Gasteiger partial charge < -0.3 is 4.74 Å². The van der Waals surface area contributed by atoms with Crippen LogP contribution in [0, 0.1) is 5.82 Å². The molecule has 1 nitrogen and oxygen atoms in total. The van der Waals surface area contributed by atoms with Gasteiger partial charge in [0.05, 0.1) is 11.6 Å². The summed E-state index contributed by atoms with van der Waals surface area (Å²) in [6, 6.07) is 4.76. The first kappa shape index (κ1) is 12.7. The molecule has 1 aromatic rings. The van der Waals surface area contributed by atoms with E-state index in [4.69, 9.17) is 16.3 Å². The van der Waals surface area contributed by atoms with Gasteiger partial charge in [-0.2, -0.15) is 12.6 Å². The van der Waals surface area contributed by atoms with Crippen molar-refractivity contribution in [3.8, 4) is 5.75 Å². The Balaban J connectivity index is 2.34. The molecule has 0 heterocycles. The summed E-state index contributed by atoms with van der Waals surface area (Å²) < 4.78 is 18.6. The van der Waals surface area contributed by atoms with Crippen molar-refractivity contribution in [2.45, 2.75) is 19.3 Å². The van der Waals surface area contributed by atoms with Gasteiger partial charge in [0, 0.05) is 0 Å². The van der Waals surface area contributed by atoms with Gasteiger partial charge in [0.25, 0.3) is 0 Å². The molecule has 0 aliphatic heterocycles. The molecular formula is C11H14ClFOS. The lowest BCUT2D eigenvalue weighted by Gasteiger charge is -2.07. The second kappa shape index (κ2) is 6.96. The average Bonchev–Trinajstić information content (AvgIpc) is 2.24. The quantitative estimate of drug-likeness (QED) is 0.592. The van der Waals surface area contributed by atoms with Crippen LogP contribution in [-0.4, -0.2) is 12.4 Å². The van der Waals surface area contributed by atoms with Gasteiger partial charge in [0.2, 0.25) is 0 Å². The lowest BCUT2D eigenvalue weighted by Crippen LogP contribution is -1.99. The van der Waals surface area contributed by atoms with E-state index in [2.05, 4.69) is 12.6 Å². The van der Waals surface area contributed by atoms with E-state index in [1.807, 2.05) is 0 Å². The molecule has 0 unspecified atom stereocenters. The third-order valence-electron chi connectivity index (χ3n) is 1.98. The zero-order chi connectivity index (χ0) is 11.1. The van der Waals surface area contributed by atoms with Crippen molar-refractivity contribution in [3.63, 3.8) is 0 Å². The molecular weight excluding hydrogens is 235 g/mol. The summed E-state index contributed by atoms with van der Waals surface area (Å²) in [5, 5.41) is 0.0999. The van der Waals surface area contributed by atoms with Crippen molar-refractivity contribution in [1.82, 2.24) is 0 Å². The third-order valence-corrected chi connectivity index (χ3v) is 2.58. The average molecular weight is 249 g/mol. The van der Waals surface area contributed by atoms with Crippen molar-refractivity contribution in [2.75, 3.05) is 12.4 Å². The molecule has 0 saturated carbocycles. The van der Waals surface area contributed by atoms with E-state index < -0.39 is 5.82 Å². The molecule has 0 N–H and O–H groups in total. The highest BCUT2D eigenvalue weighted by Crippen LogP contribution is 2.24. The smallest absolute Gasteiger partial charge is 0.183 e. The van der Waals surface area contributed by atoms with E-state index >= 15 is 0 Å². The molecule has 0 amide bonds. The molecule has 0 spiro atoms. The van der Waals surface area contributed by atoms with Crippen molar-refractivity contribution in [3.05, 3.63) is 29.0 Å². The van der Waals surface area contributed by atoms with Gasteiger partial charge in [-0.15, -0.1) is 0 Å². The molecule has 0 radical (unpaired) electrons. The first-order chi connectivity index (χ1) is 7.25. The Kier molecular flexibility index (Phi) is 5.88. The summed E-state index contributed by atoms with van der Waals surface area (Å²) in [7, 11) is 0. The fourth-order valence-corrected chi connectivity index (χ4v) is 1.56. The maximum absolute atomic E-state index is 13.3. The first-order valence-corrected chi connectivity index (χ1v) is 5.94. The van der Waals surface area contributed by atoms with Crippen LogP contribution in [0.25, 0.3) is 0 Å². The second-order valence-electron chi connectivity index (χ2n) is 3.18. The summed E-state index contributed by atoms with van der Waals surface area (Å²) in [4.78, 5) is 0. The lowest BCUT2D eigenvalue weighted by molar-refractivity contribution is 0.292. The molecule has 0 saturated heterocycles. The van der Waals surface area contributed by atoms with Crippen molar-refractivity contribution < 1.29 is 9.13 Å². The van der Waals surface area contributed by atoms with Gasteiger partial charge in [0.15, 0.2) is 11.6 Å². The van der Waals surface area contributed by atoms with Crippen molar-refractivity contribution in [1.29, 1.82) is 0 Å². The highest BCUT2D eigenvalue weighted by atomic mass is 35.5. The van der Waals surface area contributed by atoms with Gasteiger partial charge in [-0.25, -0.2) is 4.39 Å². The Morgan fingerprint density at radius 1 is 1.27 bits per heavy atom. The van der Waals surface area contributed by atoms with Gasteiger partial charge in [-0.05, 0) is 37.1 Å². The normalized spacial score (nSPS) is 10.3. The van der Waals surface area contributed by atoms with E-state index in [1.54, 1.807) is 12.1 Å². The minimum absolute atomic E-state index is 0.0999. The summed E-state index contributed by atoms with van der Waals surface area (Å²) in [6.07, 6.45) is 3.02. The maximum atomic E-state index is 13.3. The number of ether oxygens (including phenoxy) is 1. The fourth-order valence-electron chi connectivity index (χ4n) is 1.17. The zero-order valence-corrected chi connectivity index (χ0v) is 10.0. The Hall–Kier alpha value is -0.410. The van der Waals surface area contributed by atoms with Gasteiger partial charge in [-0.3, -0.25) is 0 Å². The minimum Gasteiger partial charge on any atom is -0.490 e. The molecule has 84 valence electrons. The molecule has 0 aliphatic rings. The van der Waals surface area contributed by atoms with Crippen LogP contribution in [0.3, 0.4) is 0 Å². The SMILES string of the molecule is Fc1c(Cl)cccc1OCCCCCS. The Bertz CT molecular complexity index is 307. The fraction of sp³-hybridized carbons (Fsp3) is 0.455. The van der Waals surface area contributed by atoms with Crippen LogP contribution in [0.2, 0.25) is 5.02 Å². The molecule has 15 heavy (non-hydrogen) atoms. The van der Waals surface area contributed by atoms with E-state index in [9.17, 15) is 4.39 Å². The summed E-state index contributed by atoms with van der Waals surface area (Å²) in [6.45, 7) is 0.519. The summed E-state index contributed by atoms with van der Waals surface area (Å²) in [5.41, 5.74) is 0. The van der Waals surface area contributed by atoms with Crippen LogP contribution < -0.4 is 4.74 Å². The van der Waals surface area contributed by atoms with Gasteiger partial charge >= 0.3 is 0 Å². The largest absolute Gasteiger partial charge is 0.490 e. The van der Waals surface area contributed by atoms with Crippen LogP contribution in [0.4, 0.5) is 4.39 Å². The molecule has 0 bridgehead atoms. The highest BCUT2D eigenvalue weighted by Gasteiger charge is 2.06. The van der Waals surface area contributed by atoms with Crippen LogP contribution in [0.1, 0.15) is 19.3 Å². The summed E-state index contributed by atoms with van der Waals surface area (Å²) >= 11 is 9.72. The minimum atomic E-state index is -0.478. The number of hydrogen-bond donors (Lipinski definition) is 1. The number of thiol groups is 1. The molecule has 1 aromatic carbocycles. The standard InChI is InChI=1S/C11H14ClFOS/c12-9-5-4-6-10(11(9)13)14-7-2-1-3-8-15/h4-6,15H,1-3,7-8H2. The first-order valence-electron chi connectivity index (χ1n) is 4.93. The Labute approximate surface area is 100.0 Å². The molecule has 4 heteroatoms. The molecule has 0 atom stereocenters. The van der Waals surface area contributed by atoms with E-state index in [0.717, 1.165) is 25.0 Å². The summed E-state index contributed by atoms with van der Waals surface area (Å²) in [5.74, 6) is 0.632. The molecule has 0 aliphatic carbocycles. The van der Waals surface area contributed by atoms with E-state index in [1.165, 1.54) is 6.07 Å². The predicted octanol–water partition coefficient (Wildman–Crippen LogP) is 3.96. The Morgan fingerprint density at radius 3 is 2.80 bits per heavy atom. The lowest BCUT2D eigenvalue weighted by atomic mass is 10.2.